The zero-order valence-corrected chi connectivity index (χ0v) is 19.8. The van der Waals surface area contributed by atoms with E-state index in [1.807, 2.05) is 96.7 Å². The summed E-state index contributed by atoms with van der Waals surface area (Å²) in [7, 11) is 1.63. The van der Waals surface area contributed by atoms with Gasteiger partial charge in [0.1, 0.15) is 17.3 Å². The molecule has 2 aromatic heterocycles. The fourth-order valence-corrected chi connectivity index (χ4v) is 4.28. The Labute approximate surface area is 204 Å². The molecule has 5 aromatic rings. The van der Waals surface area contributed by atoms with E-state index in [4.69, 9.17) is 9.84 Å². The van der Waals surface area contributed by atoms with E-state index < -0.39 is 0 Å². The van der Waals surface area contributed by atoms with E-state index in [1.54, 1.807) is 7.11 Å². The summed E-state index contributed by atoms with van der Waals surface area (Å²) in [5.41, 5.74) is 5.12. The molecule has 0 saturated heterocycles. The average Bonchev–Trinajstić information content (AvgIpc) is 3.45. The summed E-state index contributed by atoms with van der Waals surface area (Å²) in [6.45, 7) is 3.66. The lowest BCUT2D eigenvalue weighted by molar-refractivity contribution is 0.0953. The minimum absolute atomic E-state index is 0.163. The predicted molar refractivity (Wildman–Crippen MR) is 137 cm³/mol. The number of carbonyl (C=O) groups excluding carboxylic acids is 1. The SMILES string of the molecule is COc1cccc(-c2nn(Cc3ccccc3)cc2C(=O)NCCn2c(C)nc3ccccc32)c1. The van der Waals surface area contributed by atoms with Gasteiger partial charge in [-0.2, -0.15) is 5.10 Å². The van der Waals surface area contributed by atoms with Crippen LogP contribution in [0.4, 0.5) is 0 Å². The van der Waals surface area contributed by atoms with Crippen molar-refractivity contribution < 1.29 is 9.53 Å². The Hall–Kier alpha value is -4.39. The smallest absolute Gasteiger partial charge is 0.255 e. The Balaban J connectivity index is 1.39. The van der Waals surface area contributed by atoms with Gasteiger partial charge in [-0.15, -0.1) is 0 Å². The minimum atomic E-state index is -0.163. The van der Waals surface area contributed by atoms with Crippen LogP contribution in [-0.4, -0.2) is 38.9 Å². The van der Waals surface area contributed by atoms with Crippen molar-refractivity contribution in [2.45, 2.75) is 20.0 Å². The summed E-state index contributed by atoms with van der Waals surface area (Å²) < 4.78 is 9.32. The number of fused-ring (bicyclic) bond motifs is 1. The van der Waals surface area contributed by atoms with Crippen molar-refractivity contribution >= 4 is 16.9 Å². The van der Waals surface area contributed by atoms with E-state index in [0.29, 0.717) is 36.6 Å². The zero-order chi connectivity index (χ0) is 24.2. The van der Waals surface area contributed by atoms with E-state index >= 15 is 0 Å². The van der Waals surface area contributed by atoms with Crippen LogP contribution in [0.15, 0.2) is 85.1 Å². The van der Waals surface area contributed by atoms with E-state index in [9.17, 15) is 4.79 Å². The molecule has 0 radical (unpaired) electrons. The largest absolute Gasteiger partial charge is 0.497 e. The molecule has 0 fully saturated rings. The summed E-state index contributed by atoms with van der Waals surface area (Å²) in [5, 5.41) is 7.84. The number of aryl methyl sites for hydroxylation is 1. The molecule has 1 N–H and O–H groups in total. The third kappa shape index (κ3) is 4.80. The van der Waals surface area contributed by atoms with Crippen LogP contribution in [0.2, 0.25) is 0 Å². The Morgan fingerprint density at radius 3 is 2.63 bits per heavy atom. The molecule has 3 aromatic carbocycles. The van der Waals surface area contributed by atoms with Crippen molar-refractivity contribution in [3.05, 3.63) is 102 Å². The van der Waals surface area contributed by atoms with Crippen molar-refractivity contribution in [2.24, 2.45) is 0 Å². The van der Waals surface area contributed by atoms with Crippen molar-refractivity contribution in [1.29, 1.82) is 0 Å². The number of benzene rings is 3. The second-order valence-electron chi connectivity index (χ2n) is 8.36. The van der Waals surface area contributed by atoms with Gasteiger partial charge in [-0.1, -0.05) is 54.6 Å². The van der Waals surface area contributed by atoms with Gasteiger partial charge in [0.2, 0.25) is 0 Å². The van der Waals surface area contributed by atoms with Crippen molar-refractivity contribution in [3.63, 3.8) is 0 Å². The molecule has 0 bridgehead atoms. The summed E-state index contributed by atoms with van der Waals surface area (Å²) in [4.78, 5) is 17.9. The maximum absolute atomic E-state index is 13.3. The number of nitrogens with one attached hydrogen (secondary N) is 1. The molecule has 176 valence electrons. The Morgan fingerprint density at radius 1 is 1.00 bits per heavy atom. The number of carbonyl (C=O) groups is 1. The molecule has 0 unspecified atom stereocenters. The number of rotatable bonds is 8. The number of amides is 1. The Morgan fingerprint density at radius 2 is 1.80 bits per heavy atom. The number of para-hydroxylation sites is 2. The van der Waals surface area contributed by atoms with Crippen LogP contribution in [0, 0.1) is 6.92 Å². The highest BCUT2D eigenvalue weighted by molar-refractivity contribution is 5.99. The van der Waals surface area contributed by atoms with Gasteiger partial charge in [-0.3, -0.25) is 9.48 Å². The number of hydrogen-bond acceptors (Lipinski definition) is 4. The standard InChI is InChI=1S/C28H27N5O2/c1-20-30-25-13-6-7-14-26(25)33(20)16-15-29-28(34)24-19-32(18-21-9-4-3-5-10-21)31-27(24)22-11-8-12-23(17-22)35-2/h3-14,17,19H,15-16,18H2,1-2H3,(H,29,34). The third-order valence-electron chi connectivity index (χ3n) is 6.00. The summed E-state index contributed by atoms with van der Waals surface area (Å²) >= 11 is 0. The topological polar surface area (TPSA) is 74.0 Å². The lowest BCUT2D eigenvalue weighted by Gasteiger charge is -2.09. The van der Waals surface area contributed by atoms with Crippen molar-refractivity contribution in [1.82, 2.24) is 24.6 Å². The highest BCUT2D eigenvalue weighted by Crippen LogP contribution is 2.26. The molecule has 7 nitrogen and oxygen atoms in total. The normalized spacial score (nSPS) is 11.0. The first-order valence-corrected chi connectivity index (χ1v) is 11.6. The molecule has 0 aliphatic heterocycles. The van der Waals surface area contributed by atoms with Crippen LogP contribution in [0.25, 0.3) is 22.3 Å². The number of aromatic nitrogens is 4. The summed E-state index contributed by atoms with van der Waals surface area (Å²) in [6, 6.07) is 25.7. The molecule has 0 aliphatic rings. The fraction of sp³-hybridized carbons (Fsp3) is 0.179. The van der Waals surface area contributed by atoms with Crippen LogP contribution in [0.5, 0.6) is 5.75 Å². The van der Waals surface area contributed by atoms with Gasteiger partial charge in [-0.05, 0) is 36.8 Å². The average molecular weight is 466 g/mol. The van der Waals surface area contributed by atoms with E-state index in [0.717, 1.165) is 28.0 Å². The van der Waals surface area contributed by atoms with Gasteiger partial charge in [0, 0.05) is 24.8 Å². The number of imidazole rings is 1. The summed E-state index contributed by atoms with van der Waals surface area (Å²) in [6.07, 6.45) is 1.81. The fourth-order valence-electron chi connectivity index (χ4n) is 4.28. The van der Waals surface area contributed by atoms with Crippen molar-refractivity contribution in [3.8, 4) is 17.0 Å². The highest BCUT2D eigenvalue weighted by Gasteiger charge is 2.19. The molecule has 0 spiro atoms. The van der Waals surface area contributed by atoms with Crippen LogP contribution < -0.4 is 10.1 Å². The molecule has 0 saturated carbocycles. The van der Waals surface area contributed by atoms with Gasteiger partial charge in [-0.25, -0.2) is 4.98 Å². The van der Waals surface area contributed by atoms with E-state index in [-0.39, 0.29) is 5.91 Å². The van der Waals surface area contributed by atoms with E-state index in [1.165, 1.54) is 0 Å². The third-order valence-corrected chi connectivity index (χ3v) is 6.00. The molecular weight excluding hydrogens is 438 g/mol. The molecule has 35 heavy (non-hydrogen) atoms. The Kier molecular flexibility index (Phi) is 6.30. The quantitative estimate of drug-likeness (QED) is 0.361. The second kappa shape index (κ2) is 9.85. The van der Waals surface area contributed by atoms with Crippen LogP contribution in [0.1, 0.15) is 21.7 Å². The first-order chi connectivity index (χ1) is 17.1. The molecule has 0 atom stereocenters. The van der Waals surface area contributed by atoms with Gasteiger partial charge >= 0.3 is 0 Å². The lowest BCUT2D eigenvalue weighted by Crippen LogP contribution is -2.27. The summed E-state index contributed by atoms with van der Waals surface area (Å²) in [5.74, 6) is 1.48. The van der Waals surface area contributed by atoms with Crippen LogP contribution in [0.3, 0.4) is 0 Å². The number of ether oxygens (including phenoxy) is 1. The Bertz CT molecular complexity index is 1470. The minimum Gasteiger partial charge on any atom is -0.497 e. The zero-order valence-electron chi connectivity index (χ0n) is 19.8. The van der Waals surface area contributed by atoms with Crippen LogP contribution >= 0.6 is 0 Å². The van der Waals surface area contributed by atoms with Gasteiger partial charge in [0.25, 0.3) is 5.91 Å². The maximum atomic E-state index is 13.3. The first kappa shape index (κ1) is 22.4. The number of hydrogen-bond donors (Lipinski definition) is 1. The lowest BCUT2D eigenvalue weighted by atomic mass is 10.1. The van der Waals surface area contributed by atoms with Gasteiger partial charge in [0.15, 0.2) is 0 Å². The first-order valence-electron chi connectivity index (χ1n) is 11.6. The predicted octanol–water partition coefficient (Wildman–Crippen LogP) is 4.70. The second-order valence-corrected chi connectivity index (χ2v) is 8.36. The van der Waals surface area contributed by atoms with E-state index in [2.05, 4.69) is 14.9 Å². The highest BCUT2D eigenvalue weighted by atomic mass is 16.5. The molecule has 1 amide bonds. The molecular formula is C28H27N5O2. The number of methoxy groups -OCH3 is 1. The molecule has 7 heteroatoms. The van der Waals surface area contributed by atoms with Gasteiger partial charge in [0.05, 0.1) is 30.3 Å². The van der Waals surface area contributed by atoms with Crippen molar-refractivity contribution in [2.75, 3.05) is 13.7 Å². The number of nitrogens with zero attached hydrogens (tertiary/aromatic N) is 4. The molecule has 5 rings (SSSR count). The molecule has 2 heterocycles. The molecule has 0 aliphatic carbocycles. The monoisotopic (exact) mass is 465 g/mol. The maximum Gasteiger partial charge on any atom is 0.255 e. The van der Waals surface area contributed by atoms with Gasteiger partial charge < -0.3 is 14.6 Å². The van der Waals surface area contributed by atoms with Crippen LogP contribution in [-0.2, 0) is 13.1 Å².